The van der Waals surface area contributed by atoms with Crippen LogP contribution in [0.2, 0.25) is 0 Å². The minimum Gasteiger partial charge on any atom is -0.324 e. The van der Waals surface area contributed by atoms with E-state index in [-0.39, 0.29) is 11.6 Å². The number of anilines is 1. The van der Waals surface area contributed by atoms with Gasteiger partial charge in [-0.2, -0.15) is 0 Å². The maximum atomic E-state index is 13.3. The second kappa shape index (κ2) is 6.08. The van der Waals surface area contributed by atoms with Crippen LogP contribution in [0.5, 0.6) is 0 Å². The second-order valence-electron chi connectivity index (χ2n) is 2.96. The smallest absolute Gasteiger partial charge is 0.224 e. The fourth-order valence-corrected chi connectivity index (χ4v) is 1.50. The van der Waals surface area contributed by atoms with Gasteiger partial charge in [0.2, 0.25) is 5.91 Å². The summed E-state index contributed by atoms with van der Waals surface area (Å²) in [5.41, 5.74) is 0.192. The predicted octanol–water partition coefficient (Wildman–Crippen LogP) is 3.55. The van der Waals surface area contributed by atoms with Crippen molar-refractivity contribution in [3.05, 3.63) is 28.5 Å². The van der Waals surface area contributed by atoms with Gasteiger partial charge in [-0.1, -0.05) is 15.9 Å². The van der Waals surface area contributed by atoms with Gasteiger partial charge in [0.05, 0.1) is 5.69 Å². The topological polar surface area (TPSA) is 29.1 Å². The van der Waals surface area contributed by atoms with E-state index < -0.39 is 5.82 Å². The second-order valence-corrected chi connectivity index (χ2v) is 4.26. The van der Waals surface area contributed by atoms with Crippen LogP contribution in [-0.2, 0) is 4.79 Å². The van der Waals surface area contributed by atoms with Crippen LogP contribution in [0.1, 0.15) is 12.8 Å². The molecule has 1 aromatic rings. The van der Waals surface area contributed by atoms with Gasteiger partial charge in [-0.05, 0) is 24.6 Å². The first-order chi connectivity index (χ1) is 7.13. The van der Waals surface area contributed by atoms with E-state index in [0.29, 0.717) is 23.2 Å². The molecule has 0 spiro atoms. The quantitative estimate of drug-likeness (QED) is 0.846. The van der Waals surface area contributed by atoms with E-state index in [1.54, 1.807) is 6.07 Å². The van der Waals surface area contributed by atoms with E-state index in [1.807, 2.05) is 0 Å². The van der Waals surface area contributed by atoms with Crippen molar-refractivity contribution >= 4 is 39.1 Å². The zero-order chi connectivity index (χ0) is 11.3. The minimum atomic E-state index is -0.455. The Morgan fingerprint density at radius 2 is 2.27 bits per heavy atom. The summed E-state index contributed by atoms with van der Waals surface area (Å²) in [4.78, 5) is 11.3. The lowest BCUT2D eigenvalue weighted by molar-refractivity contribution is -0.116. The highest BCUT2D eigenvalue weighted by Crippen LogP contribution is 2.19. The van der Waals surface area contributed by atoms with Crippen molar-refractivity contribution in [2.75, 3.05) is 11.2 Å². The van der Waals surface area contributed by atoms with Crippen LogP contribution in [0.3, 0.4) is 0 Å². The zero-order valence-corrected chi connectivity index (χ0v) is 10.2. The van der Waals surface area contributed by atoms with Crippen molar-refractivity contribution in [2.24, 2.45) is 0 Å². The summed E-state index contributed by atoms with van der Waals surface area (Å²) in [6.07, 6.45) is 0.893. The molecule has 5 heteroatoms. The van der Waals surface area contributed by atoms with Gasteiger partial charge in [-0.15, -0.1) is 11.6 Å². The molecule has 0 heterocycles. The van der Waals surface area contributed by atoms with Gasteiger partial charge < -0.3 is 5.32 Å². The van der Waals surface area contributed by atoms with Gasteiger partial charge in [-0.3, -0.25) is 4.79 Å². The summed E-state index contributed by atoms with van der Waals surface area (Å²) in [6.45, 7) is 0. The number of hydrogen-bond acceptors (Lipinski definition) is 1. The van der Waals surface area contributed by atoms with Crippen molar-refractivity contribution in [1.82, 2.24) is 0 Å². The number of carbonyl (C=O) groups excluding carboxylic acids is 1. The molecule has 1 N–H and O–H groups in total. The number of carbonyl (C=O) groups is 1. The molecule has 0 aliphatic heterocycles. The summed E-state index contributed by atoms with van der Waals surface area (Å²) in [5.74, 6) is -0.253. The molecule has 1 amide bonds. The Morgan fingerprint density at radius 3 is 2.87 bits per heavy atom. The molecule has 0 aromatic heterocycles. The average Bonchev–Trinajstić information content (AvgIpc) is 2.19. The highest BCUT2D eigenvalue weighted by Gasteiger charge is 2.06. The van der Waals surface area contributed by atoms with Crippen LogP contribution in [0, 0.1) is 5.82 Å². The first kappa shape index (κ1) is 12.5. The lowest BCUT2D eigenvalue weighted by Crippen LogP contribution is -2.12. The van der Waals surface area contributed by atoms with E-state index in [1.165, 1.54) is 12.1 Å². The van der Waals surface area contributed by atoms with Crippen molar-refractivity contribution in [3.8, 4) is 0 Å². The lowest BCUT2D eigenvalue weighted by Gasteiger charge is -2.05. The standard InChI is InChI=1S/C10H10BrClFNO/c11-7-3-4-9(8(13)6-7)14-10(15)2-1-5-12/h3-4,6H,1-2,5H2,(H,14,15). The molecule has 1 rings (SSSR count). The Hall–Kier alpha value is -0.610. The highest BCUT2D eigenvalue weighted by atomic mass is 79.9. The van der Waals surface area contributed by atoms with Crippen LogP contribution < -0.4 is 5.32 Å². The van der Waals surface area contributed by atoms with Crippen LogP contribution >= 0.6 is 27.5 Å². The van der Waals surface area contributed by atoms with E-state index in [9.17, 15) is 9.18 Å². The molecule has 1 aromatic carbocycles. The molecular weight excluding hydrogens is 284 g/mol. The normalized spacial score (nSPS) is 10.1. The van der Waals surface area contributed by atoms with Crippen molar-refractivity contribution in [1.29, 1.82) is 0 Å². The van der Waals surface area contributed by atoms with Crippen molar-refractivity contribution < 1.29 is 9.18 Å². The Balaban J connectivity index is 2.60. The molecule has 0 aliphatic rings. The van der Waals surface area contributed by atoms with Crippen LogP contribution in [0.15, 0.2) is 22.7 Å². The van der Waals surface area contributed by atoms with E-state index >= 15 is 0 Å². The van der Waals surface area contributed by atoms with Gasteiger partial charge >= 0.3 is 0 Å². The number of nitrogens with one attached hydrogen (secondary N) is 1. The minimum absolute atomic E-state index is 0.192. The summed E-state index contributed by atoms with van der Waals surface area (Å²) in [7, 11) is 0. The van der Waals surface area contributed by atoms with E-state index in [2.05, 4.69) is 21.2 Å². The molecule has 2 nitrogen and oxygen atoms in total. The monoisotopic (exact) mass is 293 g/mol. The number of amides is 1. The molecule has 0 bridgehead atoms. The number of benzene rings is 1. The first-order valence-electron chi connectivity index (χ1n) is 4.44. The molecule has 0 unspecified atom stereocenters. The molecule has 0 saturated heterocycles. The first-order valence-corrected chi connectivity index (χ1v) is 5.77. The average molecular weight is 295 g/mol. The number of rotatable bonds is 4. The Bertz CT molecular complexity index is 359. The molecule has 0 atom stereocenters. The maximum absolute atomic E-state index is 13.3. The predicted molar refractivity (Wildman–Crippen MR) is 62.7 cm³/mol. The molecule has 0 fully saturated rings. The van der Waals surface area contributed by atoms with Crippen LogP contribution in [-0.4, -0.2) is 11.8 Å². The lowest BCUT2D eigenvalue weighted by atomic mass is 10.2. The zero-order valence-electron chi connectivity index (χ0n) is 7.90. The number of hydrogen-bond donors (Lipinski definition) is 1. The summed E-state index contributed by atoms with van der Waals surface area (Å²) < 4.78 is 13.9. The van der Waals surface area contributed by atoms with Gasteiger partial charge in [0, 0.05) is 16.8 Å². The molecule has 82 valence electrons. The van der Waals surface area contributed by atoms with Crippen LogP contribution in [0.4, 0.5) is 10.1 Å². The summed E-state index contributed by atoms with van der Waals surface area (Å²) in [5, 5.41) is 2.48. The van der Waals surface area contributed by atoms with Gasteiger partial charge in [0.15, 0.2) is 0 Å². The fourth-order valence-electron chi connectivity index (χ4n) is 1.03. The molecule has 0 aliphatic carbocycles. The Labute approximate surface area is 101 Å². The third-order valence-corrected chi connectivity index (χ3v) is 2.50. The Morgan fingerprint density at radius 1 is 1.53 bits per heavy atom. The molecule has 0 radical (unpaired) electrons. The molecule has 0 saturated carbocycles. The number of halogens is 3. The molecule has 15 heavy (non-hydrogen) atoms. The Kier molecular flexibility index (Phi) is 5.05. The fraction of sp³-hybridized carbons (Fsp3) is 0.300. The van der Waals surface area contributed by atoms with Gasteiger partial charge in [0.1, 0.15) is 5.82 Å². The van der Waals surface area contributed by atoms with Crippen molar-refractivity contribution in [3.63, 3.8) is 0 Å². The highest BCUT2D eigenvalue weighted by molar-refractivity contribution is 9.10. The van der Waals surface area contributed by atoms with Crippen LogP contribution in [0.25, 0.3) is 0 Å². The number of alkyl halides is 1. The van der Waals surface area contributed by atoms with Gasteiger partial charge in [0.25, 0.3) is 0 Å². The maximum Gasteiger partial charge on any atom is 0.224 e. The third kappa shape index (κ3) is 4.18. The summed E-state index contributed by atoms with van der Waals surface area (Å²) >= 11 is 8.57. The molecular formula is C10H10BrClFNO. The largest absolute Gasteiger partial charge is 0.324 e. The van der Waals surface area contributed by atoms with E-state index in [4.69, 9.17) is 11.6 Å². The summed E-state index contributed by atoms with van der Waals surface area (Å²) in [6, 6.07) is 4.48. The van der Waals surface area contributed by atoms with Gasteiger partial charge in [-0.25, -0.2) is 4.39 Å². The van der Waals surface area contributed by atoms with Crippen molar-refractivity contribution in [2.45, 2.75) is 12.8 Å². The van der Waals surface area contributed by atoms with E-state index in [0.717, 1.165) is 0 Å². The third-order valence-electron chi connectivity index (χ3n) is 1.74. The SMILES string of the molecule is O=C(CCCCl)Nc1ccc(Br)cc1F.